The van der Waals surface area contributed by atoms with Crippen LogP contribution in [0.15, 0.2) is 0 Å². The van der Waals surface area contributed by atoms with Crippen LogP contribution in [0.4, 0.5) is 0 Å². The third kappa shape index (κ3) is 2.40. The molecule has 0 saturated carbocycles. The molecule has 1 rings (SSSR count). The number of hydroxylamine groups is 2. The van der Waals surface area contributed by atoms with Gasteiger partial charge in [0.25, 0.3) is 0 Å². The standard InChI is InChI=1S/C15H29N2O2/c1-8-14(7)12(18)16(13(4,5)6)11-15(9-2,10-3)17(14)19/h8-11H2,1-7H3. The maximum atomic E-state index is 12.8. The van der Waals surface area contributed by atoms with Gasteiger partial charge in [0, 0.05) is 12.1 Å². The van der Waals surface area contributed by atoms with Gasteiger partial charge in [0.15, 0.2) is 0 Å². The molecule has 0 bridgehead atoms. The van der Waals surface area contributed by atoms with Crippen molar-refractivity contribution in [2.45, 2.75) is 84.3 Å². The van der Waals surface area contributed by atoms with Crippen molar-refractivity contribution in [2.24, 2.45) is 0 Å². The molecule has 0 aromatic heterocycles. The minimum absolute atomic E-state index is 0.0324. The fourth-order valence-corrected chi connectivity index (χ4v) is 2.93. The van der Waals surface area contributed by atoms with Gasteiger partial charge in [0.2, 0.25) is 5.91 Å². The number of carbonyl (C=O) groups excluding carboxylic acids is 1. The molecule has 0 aliphatic carbocycles. The number of nitrogens with zero attached hydrogens (tertiary/aromatic N) is 2. The zero-order valence-corrected chi connectivity index (χ0v) is 13.5. The van der Waals surface area contributed by atoms with Crippen LogP contribution in [0.3, 0.4) is 0 Å². The van der Waals surface area contributed by atoms with Gasteiger partial charge >= 0.3 is 0 Å². The topological polar surface area (TPSA) is 43.5 Å². The average molecular weight is 269 g/mol. The summed E-state index contributed by atoms with van der Waals surface area (Å²) in [6.07, 6.45) is 2.08. The van der Waals surface area contributed by atoms with Crippen molar-refractivity contribution in [1.82, 2.24) is 9.96 Å². The van der Waals surface area contributed by atoms with Crippen molar-refractivity contribution < 1.29 is 10.0 Å². The van der Waals surface area contributed by atoms with E-state index in [-0.39, 0.29) is 11.4 Å². The van der Waals surface area contributed by atoms with Crippen molar-refractivity contribution in [3.8, 4) is 0 Å². The van der Waals surface area contributed by atoms with E-state index in [4.69, 9.17) is 0 Å². The fourth-order valence-electron chi connectivity index (χ4n) is 2.93. The highest BCUT2D eigenvalue weighted by molar-refractivity contribution is 5.87. The van der Waals surface area contributed by atoms with E-state index in [1.54, 1.807) is 6.92 Å². The molecule has 1 unspecified atom stereocenters. The van der Waals surface area contributed by atoms with Crippen LogP contribution < -0.4 is 0 Å². The van der Waals surface area contributed by atoms with Crippen LogP contribution in [0.1, 0.15) is 67.7 Å². The quantitative estimate of drug-likeness (QED) is 0.790. The van der Waals surface area contributed by atoms with Crippen LogP contribution >= 0.6 is 0 Å². The number of rotatable bonds is 3. The number of hydrogen-bond acceptors (Lipinski definition) is 2. The number of carbonyl (C=O) groups is 1. The van der Waals surface area contributed by atoms with Crippen LogP contribution in [0.25, 0.3) is 0 Å². The van der Waals surface area contributed by atoms with Gasteiger partial charge in [0.05, 0.1) is 5.54 Å². The Hall–Kier alpha value is -0.610. The largest absolute Gasteiger partial charge is 0.334 e. The highest BCUT2D eigenvalue weighted by Crippen LogP contribution is 2.40. The van der Waals surface area contributed by atoms with E-state index in [1.807, 2.05) is 46.4 Å². The maximum Gasteiger partial charge on any atom is 0.245 e. The van der Waals surface area contributed by atoms with E-state index in [1.165, 1.54) is 0 Å². The van der Waals surface area contributed by atoms with E-state index in [2.05, 4.69) is 0 Å². The Kier molecular flexibility index (Phi) is 4.38. The summed E-state index contributed by atoms with van der Waals surface area (Å²) in [5.74, 6) is -0.0324. The van der Waals surface area contributed by atoms with E-state index in [0.29, 0.717) is 13.0 Å². The monoisotopic (exact) mass is 269 g/mol. The molecule has 4 heteroatoms. The Morgan fingerprint density at radius 1 is 1.11 bits per heavy atom. The molecule has 19 heavy (non-hydrogen) atoms. The molecule has 0 N–H and O–H groups in total. The van der Waals surface area contributed by atoms with Gasteiger partial charge in [-0.3, -0.25) is 4.79 Å². The number of hydrogen-bond donors (Lipinski definition) is 0. The zero-order chi connectivity index (χ0) is 15.1. The summed E-state index contributed by atoms with van der Waals surface area (Å²) in [5, 5.41) is 13.9. The van der Waals surface area contributed by atoms with Crippen LogP contribution in [0.2, 0.25) is 0 Å². The molecule has 1 atom stereocenters. The molecule has 1 fully saturated rings. The lowest BCUT2D eigenvalue weighted by atomic mass is 9.79. The first-order chi connectivity index (χ1) is 8.59. The maximum absolute atomic E-state index is 12.8. The summed E-state index contributed by atoms with van der Waals surface area (Å²) in [5.41, 5.74) is -1.63. The lowest BCUT2D eigenvalue weighted by Crippen LogP contribution is -2.74. The lowest BCUT2D eigenvalue weighted by molar-refractivity contribution is -0.302. The van der Waals surface area contributed by atoms with Gasteiger partial charge in [0.1, 0.15) is 5.54 Å². The molecule has 0 aromatic carbocycles. The van der Waals surface area contributed by atoms with Gasteiger partial charge in [-0.1, -0.05) is 20.8 Å². The molecule has 111 valence electrons. The van der Waals surface area contributed by atoms with E-state index in [9.17, 15) is 10.0 Å². The predicted molar refractivity (Wildman–Crippen MR) is 76.0 cm³/mol. The molecule has 1 saturated heterocycles. The number of amides is 1. The van der Waals surface area contributed by atoms with Gasteiger partial charge < -0.3 is 4.90 Å². The highest BCUT2D eigenvalue weighted by Gasteiger charge is 2.57. The normalized spacial score (nSPS) is 28.8. The molecule has 1 radical (unpaired) electrons. The highest BCUT2D eigenvalue weighted by atomic mass is 16.5. The molecule has 1 heterocycles. The van der Waals surface area contributed by atoms with Gasteiger partial charge in [-0.25, -0.2) is 0 Å². The van der Waals surface area contributed by atoms with Crippen molar-refractivity contribution in [2.75, 3.05) is 6.54 Å². The lowest BCUT2D eigenvalue weighted by Gasteiger charge is -2.57. The molecule has 0 spiro atoms. The third-order valence-electron chi connectivity index (χ3n) is 4.85. The second kappa shape index (κ2) is 5.06. The van der Waals surface area contributed by atoms with Crippen LogP contribution in [0.5, 0.6) is 0 Å². The van der Waals surface area contributed by atoms with Crippen molar-refractivity contribution in [3.05, 3.63) is 0 Å². The van der Waals surface area contributed by atoms with Gasteiger partial charge in [-0.15, -0.1) is 10.3 Å². The minimum Gasteiger partial charge on any atom is -0.334 e. The summed E-state index contributed by atoms with van der Waals surface area (Å²) in [4.78, 5) is 14.6. The van der Waals surface area contributed by atoms with E-state index < -0.39 is 11.1 Å². The molecule has 0 aromatic rings. The van der Waals surface area contributed by atoms with E-state index in [0.717, 1.165) is 17.9 Å². The molecular formula is C15H29N2O2. The Morgan fingerprint density at radius 2 is 1.58 bits per heavy atom. The second-order valence-corrected chi connectivity index (χ2v) is 6.92. The Bertz CT molecular complexity index is 345. The fraction of sp³-hybridized carbons (Fsp3) is 0.933. The summed E-state index contributed by atoms with van der Waals surface area (Å²) < 4.78 is 0. The van der Waals surface area contributed by atoms with Crippen molar-refractivity contribution >= 4 is 5.91 Å². The van der Waals surface area contributed by atoms with Crippen molar-refractivity contribution in [1.29, 1.82) is 0 Å². The van der Waals surface area contributed by atoms with Crippen LogP contribution in [-0.2, 0) is 10.0 Å². The molecular weight excluding hydrogens is 240 g/mol. The van der Waals surface area contributed by atoms with Gasteiger partial charge in [-0.2, -0.15) is 0 Å². The number of piperazine rings is 1. The third-order valence-corrected chi connectivity index (χ3v) is 4.85. The predicted octanol–water partition coefficient (Wildman–Crippen LogP) is 3.00. The first-order valence-electron chi connectivity index (χ1n) is 7.38. The minimum atomic E-state index is -0.933. The summed E-state index contributed by atoms with van der Waals surface area (Å²) in [6.45, 7) is 14.4. The Morgan fingerprint density at radius 3 is 1.89 bits per heavy atom. The average Bonchev–Trinajstić information content (AvgIpc) is 2.36. The zero-order valence-electron chi connectivity index (χ0n) is 13.5. The Balaban J connectivity index is 3.33. The smallest absolute Gasteiger partial charge is 0.245 e. The van der Waals surface area contributed by atoms with Crippen LogP contribution in [0, 0.1) is 0 Å². The first-order valence-corrected chi connectivity index (χ1v) is 7.38. The van der Waals surface area contributed by atoms with E-state index >= 15 is 0 Å². The van der Waals surface area contributed by atoms with Crippen molar-refractivity contribution in [3.63, 3.8) is 0 Å². The SMILES string of the molecule is CCC1(CC)CN(C(C)(C)C)C(=O)C(C)(CC)N1[O]. The molecule has 1 aliphatic heterocycles. The summed E-state index contributed by atoms with van der Waals surface area (Å²) >= 11 is 0. The molecule has 4 nitrogen and oxygen atoms in total. The van der Waals surface area contributed by atoms with Crippen LogP contribution in [-0.4, -0.2) is 39.0 Å². The Labute approximate surface area is 117 Å². The van der Waals surface area contributed by atoms with Gasteiger partial charge in [-0.05, 0) is 47.0 Å². The molecule has 1 amide bonds. The molecule has 1 aliphatic rings. The first kappa shape index (κ1) is 16.4. The summed E-state index contributed by atoms with van der Waals surface area (Å²) in [7, 11) is 0. The second-order valence-electron chi connectivity index (χ2n) is 6.92. The summed E-state index contributed by atoms with van der Waals surface area (Å²) in [6, 6.07) is 0.